The van der Waals surface area contributed by atoms with Gasteiger partial charge in [0.15, 0.2) is 0 Å². The zero-order valence-corrected chi connectivity index (χ0v) is 13.2. The first-order chi connectivity index (χ1) is 11.5. The van der Waals surface area contributed by atoms with Gasteiger partial charge in [-0.3, -0.25) is 0 Å². The second kappa shape index (κ2) is 7.36. The maximum absolute atomic E-state index is 12.5. The molecule has 2 aromatic rings. The van der Waals surface area contributed by atoms with Crippen molar-refractivity contribution in [3.63, 3.8) is 0 Å². The van der Waals surface area contributed by atoms with Gasteiger partial charge in [0.05, 0.1) is 18.8 Å². The Hall–Kier alpha value is -1.85. The van der Waals surface area contributed by atoms with Crippen molar-refractivity contribution in [1.82, 2.24) is 5.32 Å². The van der Waals surface area contributed by atoms with Gasteiger partial charge in [0, 0.05) is 24.9 Å². The lowest BCUT2D eigenvalue weighted by molar-refractivity contribution is -0.137. The first-order valence-electron chi connectivity index (χ1n) is 8.03. The van der Waals surface area contributed by atoms with Crippen LogP contribution in [0.1, 0.15) is 22.6 Å². The highest BCUT2D eigenvalue weighted by atomic mass is 19.4. The molecule has 1 heterocycles. The van der Waals surface area contributed by atoms with E-state index in [1.54, 1.807) is 0 Å². The fourth-order valence-corrected chi connectivity index (χ4v) is 3.12. The first kappa shape index (κ1) is 17.0. The van der Waals surface area contributed by atoms with Crippen molar-refractivity contribution >= 4 is 0 Å². The standard InChI is InChI=1S/C19H20F3NO/c20-19(21,22)17-8-6-14(7-9-17)12-24-13-16-10-23-11-18(16)15-4-2-1-3-5-15/h1-9,16,18,23H,10-13H2/t16-,18-/m0/s1. The summed E-state index contributed by atoms with van der Waals surface area (Å²) in [6.45, 7) is 2.74. The number of alkyl halides is 3. The van der Waals surface area contributed by atoms with E-state index in [0.29, 0.717) is 25.0 Å². The summed E-state index contributed by atoms with van der Waals surface area (Å²) in [6.07, 6.45) is -4.29. The lowest BCUT2D eigenvalue weighted by Crippen LogP contribution is -2.17. The molecule has 3 rings (SSSR count). The zero-order valence-electron chi connectivity index (χ0n) is 13.2. The molecule has 1 aliphatic heterocycles. The molecular formula is C19H20F3NO. The Morgan fingerprint density at radius 3 is 2.33 bits per heavy atom. The number of nitrogens with one attached hydrogen (secondary N) is 1. The molecule has 2 nitrogen and oxygen atoms in total. The molecule has 0 saturated carbocycles. The monoisotopic (exact) mass is 335 g/mol. The average molecular weight is 335 g/mol. The fraction of sp³-hybridized carbons (Fsp3) is 0.368. The highest BCUT2D eigenvalue weighted by Crippen LogP contribution is 2.30. The van der Waals surface area contributed by atoms with Crippen LogP contribution in [0, 0.1) is 5.92 Å². The van der Waals surface area contributed by atoms with Crippen LogP contribution in [-0.4, -0.2) is 19.7 Å². The SMILES string of the molecule is FC(F)(F)c1ccc(COC[C@@H]2CNC[C@H]2c2ccccc2)cc1. The Bertz CT molecular complexity index is 640. The third-order valence-corrected chi connectivity index (χ3v) is 4.45. The van der Waals surface area contributed by atoms with Crippen molar-refractivity contribution in [1.29, 1.82) is 0 Å². The predicted molar refractivity (Wildman–Crippen MR) is 86.6 cm³/mol. The average Bonchev–Trinajstić information content (AvgIpc) is 3.04. The van der Waals surface area contributed by atoms with E-state index >= 15 is 0 Å². The van der Waals surface area contributed by atoms with Crippen LogP contribution in [0.15, 0.2) is 54.6 Å². The first-order valence-corrected chi connectivity index (χ1v) is 8.03. The third kappa shape index (κ3) is 4.16. The molecule has 0 spiro atoms. The van der Waals surface area contributed by atoms with E-state index in [1.807, 2.05) is 18.2 Å². The molecule has 0 aliphatic carbocycles. The summed E-state index contributed by atoms with van der Waals surface area (Å²) in [5.74, 6) is 0.792. The second-order valence-electron chi connectivity index (χ2n) is 6.15. The molecular weight excluding hydrogens is 315 g/mol. The topological polar surface area (TPSA) is 21.3 Å². The van der Waals surface area contributed by atoms with E-state index < -0.39 is 11.7 Å². The van der Waals surface area contributed by atoms with Crippen LogP contribution in [0.2, 0.25) is 0 Å². The molecule has 1 saturated heterocycles. The summed E-state index contributed by atoms with van der Waals surface area (Å²) < 4.78 is 43.4. The van der Waals surface area contributed by atoms with Crippen molar-refractivity contribution in [3.8, 4) is 0 Å². The Morgan fingerprint density at radius 1 is 0.958 bits per heavy atom. The highest BCUT2D eigenvalue weighted by Gasteiger charge is 2.30. The van der Waals surface area contributed by atoms with Crippen molar-refractivity contribution in [2.75, 3.05) is 19.7 Å². The van der Waals surface area contributed by atoms with E-state index in [4.69, 9.17) is 4.74 Å². The highest BCUT2D eigenvalue weighted by molar-refractivity contribution is 5.24. The van der Waals surface area contributed by atoms with Crippen molar-refractivity contribution in [2.45, 2.75) is 18.7 Å². The Labute approximate surface area is 139 Å². The molecule has 2 aromatic carbocycles. The minimum absolute atomic E-state index is 0.330. The number of ether oxygens (including phenoxy) is 1. The van der Waals surface area contributed by atoms with E-state index in [9.17, 15) is 13.2 Å². The van der Waals surface area contributed by atoms with Gasteiger partial charge >= 0.3 is 6.18 Å². The molecule has 5 heteroatoms. The van der Waals surface area contributed by atoms with Crippen molar-refractivity contribution in [2.24, 2.45) is 5.92 Å². The normalized spacial score (nSPS) is 21.1. The quantitative estimate of drug-likeness (QED) is 0.883. The van der Waals surface area contributed by atoms with Gasteiger partial charge in [-0.2, -0.15) is 13.2 Å². The Balaban J connectivity index is 1.52. The largest absolute Gasteiger partial charge is 0.416 e. The lowest BCUT2D eigenvalue weighted by atomic mass is 9.89. The van der Waals surface area contributed by atoms with Gasteiger partial charge in [-0.1, -0.05) is 42.5 Å². The summed E-state index contributed by atoms with van der Waals surface area (Å²) in [4.78, 5) is 0. The summed E-state index contributed by atoms with van der Waals surface area (Å²) >= 11 is 0. The molecule has 0 bridgehead atoms. The number of halogens is 3. The summed E-state index contributed by atoms with van der Waals surface area (Å²) in [7, 11) is 0. The van der Waals surface area contributed by atoms with Gasteiger partial charge in [-0.15, -0.1) is 0 Å². The molecule has 1 aliphatic rings. The Kier molecular flexibility index (Phi) is 5.21. The third-order valence-electron chi connectivity index (χ3n) is 4.45. The van der Waals surface area contributed by atoms with Crippen LogP contribution >= 0.6 is 0 Å². The van der Waals surface area contributed by atoms with Gasteiger partial charge in [-0.25, -0.2) is 0 Å². The Morgan fingerprint density at radius 2 is 1.67 bits per heavy atom. The summed E-state index contributed by atoms with van der Waals surface area (Å²) in [5, 5.41) is 3.39. The van der Waals surface area contributed by atoms with Gasteiger partial charge in [0.25, 0.3) is 0 Å². The summed E-state index contributed by atoms with van der Waals surface area (Å²) in [6, 6.07) is 15.5. The zero-order chi connectivity index (χ0) is 17.0. The molecule has 24 heavy (non-hydrogen) atoms. The molecule has 128 valence electrons. The van der Waals surface area contributed by atoms with Gasteiger partial charge < -0.3 is 10.1 Å². The maximum Gasteiger partial charge on any atom is 0.416 e. The van der Waals surface area contributed by atoms with Gasteiger partial charge in [0.1, 0.15) is 0 Å². The molecule has 0 unspecified atom stereocenters. The smallest absolute Gasteiger partial charge is 0.376 e. The van der Waals surface area contributed by atoms with E-state index in [2.05, 4.69) is 17.4 Å². The van der Waals surface area contributed by atoms with Crippen LogP contribution in [-0.2, 0) is 17.5 Å². The molecule has 0 aromatic heterocycles. The van der Waals surface area contributed by atoms with Crippen molar-refractivity contribution < 1.29 is 17.9 Å². The van der Waals surface area contributed by atoms with Crippen LogP contribution in [0.25, 0.3) is 0 Å². The molecule has 0 amide bonds. The number of hydrogen-bond acceptors (Lipinski definition) is 2. The maximum atomic E-state index is 12.5. The van der Waals surface area contributed by atoms with Crippen molar-refractivity contribution in [3.05, 3.63) is 71.3 Å². The van der Waals surface area contributed by atoms with Crippen LogP contribution in [0.4, 0.5) is 13.2 Å². The van der Waals surface area contributed by atoms with Gasteiger partial charge in [-0.05, 0) is 23.3 Å². The molecule has 0 radical (unpaired) electrons. The molecule has 1 N–H and O–H groups in total. The fourth-order valence-electron chi connectivity index (χ4n) is 3.12. The number of benzene rings is 2. The summed E-state index contributed by atoms with van der Waals surface area (Å²) in [5.41, 5.74) is 1.42. The predicted octanol–water partition coefficient (Wildman–Crippen LogP) is 4.23. The minimum atomic E-state index is -4.29. The van der Waals surface area contributed by atoms with E-state index in [-0.39, 0.29) is 0 Å². The second-order valence-corrected chi connectivity index (χ2v) is 6.15. The van der Waals surface area contributed by atoms with Crippen LogP contribution in [0.5, 0.6) is 0 Å². The van der Waals surface area contributed by atoms with E-state index in [1.165, 1.54) is 17.7 Å². The number of rotatable bonds is 5. The van der Waals surface area contributed by atoms with Crippen LogP contribution < -0.4 is 5.32 Å². The number of hydrogen-bond donors (Lipinski definition) is 1. The minimum Gasteiger partial charge on any atom is -0.376 e. The molecule has 1 fully saturated rings. The van der Waals surface area contributed by atoms with Crippen LogP contribution in [0.3, 0.4) is 0 Å². The van der Waals surface area contributed by atoms with Gasteiger partial charge in [0.2, 0.25) is 0 Å². The molecule has 2 atom stereocenters. The van der Waals surface area contributed by atoms with E-state index in [0.717, 1.165) is 30.8 Å². The lowest BCUT2D eigenvalue weighted by Gasteiger charge is -2.19.